The number of imidazole rings is 1. The summed E-state index contributed by atoms with van der Waals surface area (Å²) in [5.41, 5.74) is 3.36. The number of nitrogens with zero attached hydrogens (tertiary/aromatic N) is 3. The van der Waals surface area contributed by atoms with Gasteiger partial charge in [0.15, 0.2) is 0 Å². The first-order valence-electron chi connectivity index (χ1n) is 9.46. The molecule has 0 bridgehead atoms. The smallest absolute Gasteiger partial charge is 0.219 e. The molecule has 1 aromatic heterocycles. The molecule has 0 radical (unpaired) electrons. The zero-order chi connectivity index (χ0) is 19.2. The molecular weight excluding hydrogens is 338 g/mol. The second-order valence-corrected chi connectivity index (χ2v) is 6.74. The number of benzene rings is 2. The second-order valence-electron chi connectivity index (χ2n) is 6.74. The van der Waals surface area contributed by atoms with E-state index in [4.69, 9.17) is 9.72 Å². The Labute approximate surface area is 160 Å². The van der Waals surface area contributed by atoms with Crippen LogP contribution in [0.4, 0.5) is 0 Å². The Morgan fingerprint density at radius 3 is 2.59 bits per heavy atom. The van der Waals surface area contributed by atoms with Gasteiger partial charge in [-0.05, 0) is 42.7 Å². The minimum atomic E-state index is 0.0347. The summed E-state index contributed by atoms with van der Waals surface area (Å²) in [6.45, 7) is 5.66. The maximum atomic E-state index is 11.6. The number of para-hydroxylation sites is 2. The summed E-state index contributed by atoms with van der Waals surface area (Å²) in [6, 6.07) is 16.4. The Hall–Kier alpha value is -2.82. The van der Waals surface area contributed by atoms with Gasteiger partial charge >= 0.3 is 0 Å². The van der Waals surface area contributed by atoms with Crippen LogP contribution in [0.3, 0.4) is 0 Å². The van der Waals surface area contributed by atoms with Gasteiger partial charge in [0.05, 0.1) is 24.2 Å². The summed E-state index contributed by atoms with van der Waals surface area (Å²) in [5, 5.41) is 0. The van der Waals surface area contributed by atoms with Crippen LogP contribution >= 0.6 is 0 Å². The van der Waals surface area contributed by atoms with Crippen molar-refractivity contribution in [3.63, 3.8) is 0 Å². The lowest BCUT2D eigenvalue weighted by Gasteiger charge is -2.16. The van der Waals surface area contributed by atoms with E-state index in [0.29, 0.717) is 13.2 Å². The molecule has 142 valence electrons. The minimum absolute atomic E-state index is 0.0347. The van der Waals surface area contributed by atoms with Crippen LogP contribution in [0.2, 0.25) is 0 Å². The molecular formula is C22H27N3O2. The number of fused-ring (bicyclic) bond motifs is 1. The number of carbonyl (C=O) groups is 1. The Morgan fingerprint density at radius 2 is 1.89 bits per heavy atom. The molecule has 0 saturated heterocycles. The van der Waals surface area contributed by atoms with E-state index in [1.54, 1.807) is 18.9 Å². The molecule has 3 aromatic rings. The van der Waals surface area contributed by atoms with Crippen molar-refractivity contribution >= 4 is 16.9 Å². The molecule has 0 aliphatic carbocycles. The van der Waals surface area contributed by atoms with Gasteiger partial charge in [0.25, 0.3) is 0 Å². The molecule has 0 atom stereocenters. The maximum absolute atomic E-state index is 11.6. The monoisotopic (exact) mass is 365 g/mol. The van der Waals surface area contributed by atoms with E-state index in [1.165, 1.54) is 5.56 Å². The molecule has 27 heavy (non-hydrogen) atoms. The largest absolute Gasteiger partial charge is 0.494 e. The van der Waals surface area contributed by atoms with Crippen molar-refractivity contribution in [1.29, 1.82) is 0 Å². The zero-order valence-electron chi connectivity index (χ0n) is 16.3. The SMILES string of the molecule is CCc1ccc(OCCCn2c(CN(C)C(C)=O)nc3ccccc32)cc1. The van der Waals surface area contributed by atoms with E-state index in [2.05, 4.69) is 29.7 Å². The highest BCUT2D eigenvalue weighted by molar-refractivity contribution is 5.76. The van der Waals surface area contributed by atoms with Crippen molar-refractivity contribution in [2.24, 2.45) is 0 Å². The number of hydrogen-bond acceptors (Lipinski definition) is 3. The molecule has 2 aromatic carbocycles. The van der Waals surface area contributed by atoms with Gasteiger partial charge in [-0.2, -0.15) is 0 Å². The van der Waals surface area contributed by atoms with E-state index in [0.717, 1.165) is 42.0 Å². The summed E-state index contributed by atoms with van der Waals surface area (Å²) < 4.78 is 8.07. The van der Waals surface area contributed by atoms with Crippen LogP contribution in [0, 0.1) is 0 Å². The highest BCUT2D eigenvalue weighted by Gasteiger charge is 2.13. The molecule has 3 rings (SSSR count). The minimum Gasteiger partial charge on any atom is -0.494 e. The summed E-state index contributed by atoms with van der Waals surface area (Å²) in [5.74, 6) is 1.84. The van der Waals surface area contributed by atoms with E-state index in [9.17, 15) is 4.79 Å². The fraction of sp³-hybridized carbons (Fsp3) is 0.364. The number of amides is 1. The first-order chi connectivity index (χ1) is 13.1. The Balaban J connectivity index is 1.66. The standard InChI is InChI=1S/C22H27N3O2/c1-4-18-10-12-19(13-11-18)27-15-7-14-25-21-9-6-5-8-20(21)23-22(25)16-24(3)17(2)26/h5-6,8-13H,4,7,14-16H2,1-3H3. The van der Waals surface area contributed by atoms with Crippen molar-refractivity contribution in [2.45, 2.75) is 39.8 Å². The predicted molar refractivity (Wildman–Crippen MR) is 108 cm³/mol. The summed E-state index contributed by atoms with van der Waals surface area (Å²) in [7, 11) is 1.80. The van der Waals surface area contributed by atoms with Gasteiger partial charge in [0, 0.05) is 20.5 Å². The molecule has 0 N–H and O–H groups in total. The van der Waals surface area contributed by atoms with E-state index in [1.807, 2.05) is 30.3 Å². The number of carbonyl (C=O) groups excluding carboxylic acids is 1. The molecule has 0 fully saturated rings. The second kappa shape index (κ2) is 8.71. The Bertz CT molecular complexity index is 900. The summed E-state index contributed by atoms with van der Waals surface area (Å²) >= 11 is 0. The quantitative estimate of drug-likeness (QED) is 0.566. The van der Waals surface area contributed by atoms with E-state index in [-0.39, 0.29) is 5.91 Å². The topological polar surface area (TPSA) is 47.4 Å². The van der Waals surface area contributed by atoms with Crippen LogP contribution in [0.1, 0.15) is 31.7 Å². The average molecular weight is 365 g/mol. The molecule has 5 nitrogen and oxygen atoms in total. The van der Waals surface area contributed by atoms with Gasteiger partial charge in [-0.3, -0.25) is 4.79 Å². The molecule has 0 aliphatic heterocycles. The number of hydrogen-bond donors (Lipinski definition) is 0. The van der Waals surface area contributed by atoms with Gasteiger partial charge in [-0.15, -0.1) is 0 Å². The lowest BCUT2D eigenvalue weighted by Crippen LogP contribution is -2.25. The molecule has 0 spiro atoms. The molecule has 1 amide bonds. The maximum Gasteiger partial charge on any atom is 0.219 e. The van der Waals surface area contributed by atoms with E-state index >= 15 is 0 Å². The molecule has 1 heterocycles. The third-order valence-corrected chi connectivity index (χ3v) is 4.78. The Kier molecular flexibility index (Phi) is 6.12. The lowest BCUT2D eigenvalue weighted by molar-refractivity contribution is -0.128. The van der Waals surface area contributed by atoms with Gasteiger partial charge < -0.3 is 14.2 Å². The van der Waals surface area contributed by atoms with Crippen molar-refractivity contribution in [1.82, 2.24) is 14.5 Å². The van der Waals surface area contributed by atoms with Crippen LogP contribution in [0.5, 0.6) is 5.75 Å². The van der Waals surface area contributed by atoms with Crippen LogP contribution < -0.4 is 4.74 Å². The number of ether oxygens (including phenoxy) is 1. The average Bonchev–Trinajstić information content (AvgIpc) is 3.02. The van der Waals surface area contributed by atoms with Crippen LogP contribution in [-0.4, -0.2) is 34.0 Å². The van der Waals surface area contributed by atoms with Gasteiger partial charge in [-0.25, -0.2) is 4.98 Å². The van der Waals surface area contributed by atoms with Crippen molar-refractivity contribution in [3.8, 4) is 5.75 Å². The van der Waals surface area contributed by atoms with Crippen molar-refractivity contribution in [2.75, 3.05) is 13.7 Å². The van der Waals surface area contributed by atoms with E-state index < -0.39 is 0 Å². The van der Waals surface area contributed by atoms with Crippen LogP contribution in [0.15, 0.2) is 48.5 Å². The van der Waals surface area contributed by atoms with Crippen LogP contribution in [0.25, 0.3) is 11.0 Å². The number of rotatable bonds is 8. The van der Waals surface area contributed by atoms with Crippen LogP contribution in [-0.2, 0) is 24.3 Å². The van der Waals surface area contributed by atoms with Gasteiger partial charge in [0.2, 0.25) is 5.91 Å². The third kappa shape index (κ3) is 4.67. The molecule has 5 heteroatoms. The third-order valence-electron chi connectivity index (χ3n) is 4.78. The first-order valence-corrected chi connectivity index (χ1v) is 9.46. The van der Waals surface area contributed by atoms with Gasteiger partial charge in [-0.1, -0.05) is 31.2 Å². The molecule has 0 unspecified atom stereocenters. The lowest BCUT2D eigenvalue weighted by atomic mass is 10.2. The fourth-order valence-electron chi connectivity index (χ4n) is 3.05. The normalized spacial score (nSPS) is 10.9. The first kappa shape index (κ1) is 19.0. The van der Waals surface area contributed by atoms with Gasteiger partial charge in [0.1, 0.15) is 11.6 Å². The summed E-state index contributed by atoms with van der Waals surface area (Å²) in [6.07, 6.45) is 1.90. The highest BCUT2D eigenvalue weighted by atomic mass is 16.5. The molecule has 0 aliphatic rings. The Morgan fingerprint density at radius 1 is 1.15 bits per heavy atom. The number of aryl methyl sites for hydroxylation is 2. The van der Waals surface area contributed by atoms with Crippen molar-refractivity contribution in [3.05, 3.63) is 59.9 Å². The highest BCUT2D eigenvalue weighted by Crippen LogP contribution is 2.18. The zero-order valence-corrected chi connectivity index (χ0v) is 16.3. The number of aromatic nitrogens is 2. The van der Waals surface area contributed by atoms with Crippen molar-refractivity contribution < 1.29 is 9.53 Å². The fourth-order valence-corrected chi connectivity index (χ4v) is 3.05. The predicted octanol–water partition coefficient (Wildman–Crippen LogP) is 4.05. The summed E-state index contributed by atoms with van der Waals surface area (Å²) in [4.78, 5) is 18.0. The molecule has 0 saturated carbocycles.